The first kappa shape index (κ1) is 41.3. The third-order valence-electron chi connectivity index (χ3n) is 7.94. The van der Waals surface area contributed by atoms with E-state index in [4.69, 9.17) is 23.7 Å². The minimum Gasteiger partial charge on any atom is -0.466 e. The third-order valence-corrected chi connectivity index (χ3v) is 7.94. The number of hydrogen-bond donors (Lipinski definition) is 0. The van der Waals surface area contributed by atoms with Crippen LogP contribution in [0.1, 0.15) is 162 Å². The van der Waals surface area contributed by atoms with Crippen LogP contribution in [0.3, 0.4) is 0 Å². The molecule has 0 fully saturated rings. The topological polar surface area (TPSA) is 63.2 Å². The van der Waals surface area contributed by atoms with Crippen LogP contribution in [0.2, 0.25) is 0 Å². The lowest BCUT2D eigenvalue weighted by molar-refractivity contribution is -0.144. The highest BCUT2D eigenvalue weighted by Gasteiger charge is 2.06. The standard InChI is InChI=1S/C36H72O6/c1-4-7-9-10-11-12-13-14-15-16-17-18-19-20-21-22-27-42-36(37)25-23-26-38-28-29-39-30-31-40-32-33-41-34-35(6-3)24-8-5-2/h35H,4-34H2,1-3H3. The summed E-state index contributed by atoms with van der Waals surface area (Å²) in [7, 11) is 0. The zero-order chi connectivity index (χ0) is 30.6. The number of rotatable bonds is 36. The zero-order valence-corrected chi connectivity index (χ0v) is 28.4. The first-order valence-corrected chi connectivity index (χ1v) is 18.2. The van der Waals surface area contributed by atoms with Crippen LogP contribution in [0.4, 0.5) is 0 Å². The molecule has 0 bridgehead atoms. The minimum atomic E-state index is -0.108. The van der Waals surface area contributed by atoms with Gasteiger partial charge in [-0.05, 0) is 25.2 Å². The summed E-state index contributed by atoms with van der Waals surface area (Å²) >= 11 is 0. The van der Waals surface area contributed by atoms with E-state index in [0.717, 1.165) is 19.4 Å². The maximum atomic E-state index is 11.9. The van der Waals surface area contributed by atoms with Gasteiger partial charge in [0.25, 0.3) is 0 Å². The third kappa shape index (κ3) is 33.8. The van der Waals surface area contributed by atoms with Crippen molar-refractivity contribution in [3.05, 3.63) is 0 Å². The normalized spacial score (nSPS) is 12.2. The van der Waals surface area contributed by atoms with E-state index in [9.17, 15) is 4.79 Å². The molecule has 0 spiro atoms. The van der Waals surface area contributed by atoms with Crippen molar-refractivity contribution in [2.24, 2.45) is 5.92 Å². The van der Waals surface area contributed by atoms with Gasteiger partial charge in [0.1, 0.15) is 0 Å². The SMILES string of the molecule is CCCCCCCCCCCCCCCCCCOC(=O)CCCOCCOCCOCCOCC(CC)CCCC. The van der Waals surface area contributed by atoms with Gasteiger partial charge < -0.3 is 23.7 Å². The lowest BCUT2D eigenvalue weighted by Crippen LogP contribution is -2.14. The zero-order valence-electron chi connectivity index (χ0n) is 28.4. The fourth-order valence-electron chi connectivity index (χ4n) is 5.03. The number of unbranched alkanes of at least 4 members (excludes halogenated alkanes) is 16. The molecule has 0 saturated heterocycles. The molecule has 6 heteroatoms. The molecule has 0 aliphatic rings. The Morgan fingerprint density at radius 1 is 0.452 bits per heavy atom. The largest absolute Gasteiger partial charge is 0.466 e. The molecule has 0 aliphatic carbocycles. The molecule has 1 atom stereocenters. The second kappa shape index (κ2) is 36.5. The Morgan fingerprint density at radius 3 is 1.36 bits per heavy atom. The summed E-state index contributed by atoms with van der Waals surface area (Å²) in [6.07, 6.45) is 27.7. The van der Waals surface area contributed by atoms with Crippen LogP contribution in [-0.2, 0) is 28.5 Å². The van der Waals surface area contributed by atoms with Crippen LogP contribution in [0.25, 0.3) is 0 Å². The van der Waals surface area contributed by atoms with Crippen molar-refractivity contribution < 1.29 is 28.5 Å². The summed E-state index contributed by atoms with van der Waals surface area (Å²) in [4.78, 5) is 11.9. The van der Waals surface area contributed by atoms with Crippen molar-refractivity contribution in [1.29, 1.82) is 0 Å². The van der Waals surface area contributed by atoms with Gasteiger partial charge in [-0.2, -0.15) is 0 Å². The van der Waals surface area contributed by atoms with E-state index >= 15 is 0 Å². The first-order valence-electron chi connectivity index (χ1n) is 18.2. The van der Waals surface area contributed by atoms with Crippen LogP contribution in [0.15, 0.2) is 0 Å². The second-order valence-electron chi connectivity index (χ2n) is 12.0. The summed E-state index contributed by atoms with van der Waals surface area (Å²) < 4.78 is 27.7. The highest BCUT2D eigenvalue weighted by molar-refractivity contribution is 5.69. The average Bonchev–Trinajstić information content (AvgIpc) is 3.00. The summed E-state index contributed by atoms with van der Waals surface area (Å²) in [5.74, 6) is 0.565. The molecular formula is C36H72O6. The van der Waals surface area contributed by atoms with E-state index in [0.29, 0.717) is 71.6 Å². The number of carbonyl (C=O) groups is 1. The van der Waals surface area contributed by atoms with E-state index in [1.165, 1.54) is 116 Å². The Bertz CT molecular complexity index is 515. The van der Waals surface area contributed by atoms with E-state index in [1.807, 2.05) is 0 Å². The molecule has 1 unspecified atom stereocenters. The maximum Gasteiger partial charge on any atom is 0.305 e. The molecular weight excluding hydrogens is 528 g/mol. The Balaban J connectivity index is 3.21. The molecule has 0 aromatic heterocycles. The van der Waals surface area contributed by atoms with Crippen LogP contribution >= 0.6 is 0 Å². The molecule has 0 saturated carbocycles. The van der Waals surface area contributed by atoms with Crippen LogP contribution in [-0.4, -0.2) is 65.4 Å². The lowest BCUT2D eigenvalue weighted by atomic mass is 10.0. The van der Waals surface area contributed by atoms with Gasteiger partial charge in [-0.3, -0.25) is 4.79 Å². The summed E-state index contributed by atoms with van der Waals surface area (Å²) in [6, 6.07) is 0. The molecule has 0 rings (SSSR count). The molecule has 0 aromatic carbocycles. The van der Waals surface area contributed by atoms with Crippen molar-refractivity contribution in [2.45, 2.75) is 162 Å². The molecule has 42 heavy (non-hydrogen) atoms. The molecule has 6 nitrogen and oxygen atoms in total. The van der Waals surface area contributed by atoms with E-state index in [2.05, 4.69) is 20.8 Å². The molecule has 0 aliphatic heterocycles. The maximum absolute atomic E-state index is 11.9. The van der Waals surface area contributed by atoms with Crippen molar-refractivity contribution in [3.63, 3.8) is 0 Å². The van der Waals surface area contributed by atoms with Gasteiger partial charge in [0, 0.05) is 19.6 Å². The van der Waals surface area contributed by atoms with E-state index in [1.54, 1.807) is 0 Å². The summed E-state index contributed by atoms with van der Waals surface area (Å²) in [6.45, 7) is 12.2. The quantitative estimate of drug-likeness (QED) is 0.0527. The number of ether oxygens (including phenoxy) is 5. The molecule has 0 heterocycles. The van der Waals surface area contributed by atoms with Crippen LogP contribution in [0, 0.1) is 5.92 Å². The highest BCUT2D eigenvalue weighted by Crippen LogP contribution is 2.14. The number of hydrogen-bond acceptors (Lipinski definition) is 6. The summed E-state index contributed by atoms with van der Waals surface area (Å²) in [5, 5.41) is 0. The summed E-state index contributed by atoms with van der Waals surface area (Å²) in [5.41, 5.74) is 0. The number of esters is 1. The predicted molar refractivity (Wildman–Crippen MR) is 176 cm³/mol. The Kier molecular flexibility index (Phi) is 35.9. The molecule has 0 aromatic rings. The lowest BCUT2D eigenvalue weighted by Gasteiger charge is -2.14. The fraction of sp³-hybridized carbons (Fsp3) is 0.972. The monoisotopic (exact) mass is 601 g/mol. The van der Waals surface area contributed by atoms with Crippen LogP contribution < -0.4 is 0 Å². The van der Waals surface area contributed by atoms with E-state index < -0.39 is 0 Å². The average molecular weight is 601 g/mol. The first-order chi connectivity index (χ1) is 20.7. The molecule has 0 amide bonds. The Morgan fingerprint density at radius 2 is 0.881 bits per heavy atom. The van der Waals surface area contributed by atoms with Crippen molar-refractivity contribution in [2.75, 3.05) is 59.5 Å². The van der Waals surface area contributed by atoms with Gasteiger partial charge in [0.15, 0.2) is 0 Å². The van der Waals surface area contributed by atoms with Gasteiger partial charge in [-0.1, -0.05) is 136 Å². The second-order valence-corrected chi connectivity index (χ2v) is 12.0. The van der Waals surface area contributed by atoms with Gasteiger partial charge in [0.05, 0.1) is 46.2 Å². The fourth-order valence-corrected chi connectivity index (χ4v) is 5.03. The van der Waals surface area contributed by atoms with Crippen LogP contribution in [0.5, 0.6) is 0 Å². The Labute approximate surface area is 261 Å². The predicted octanol–water partition coefficient (Wildman–Crippen LogP) is 9.85. The smallest absolute Gasteiger partial charge is 0.305 e. The van der Waals surface area contributed by atoms with Crippen molar-refractivity contribution >= 4 is 5.97 Å². The van der Waals surface area contributed by atoms with Gasteiger partial charge in [0.2, 0.25) is 0 Å². The molecule has 0 radical (unpaired) electrons. The van der Waals surface area contributed by atoms with E-state index in [-0.39, 0.29) is 5.97 Å². The van der Waals surface area contributed by atoms with Crippen molar-refractivity contribution in [1.82, 2.24) is 0 Å². The Hall–Kier alpha value is -0.690. The van der Waals surface area contributed by atoms with Gasteiger partial charge >= 0.3 is 5.97 Å². The van der Waals surface area contributed by atoms with Crippen molar-refractivity contribution in [3.8, 4) is 0 Å². The van der Waals surface area contributed by atoms with Gasteiger partial charge in [-0.15, -0.1) is 0 Å². The minimum absolute atomic E-state index is 0.108. The van der Waals surface area contributed by atoms with Gasteiger partial charge in [-0.25, -0.2) is 0 Å². The number of carbonyl (C=O) groups excluding carboxylic acids is 1. The molecule has 252 valence electrons. The highest BCUT2D eigenvalue weighted by atomic mass is 16.6. The molecule has 0 N–H and O–H groups in total.